The van der Waals surface area contributed by atoms with E-state index < -0.39 is 0 Å². The van der Waals surface area contributed by atoms with Crippen LogP contribution >= 0.6 is 11.3 Å². The van der Waals surface area contributed by atoms with Crippen LogP contribution in [0.4, 0.5) is 0 Å². The summed E-state index contributed by atoms with van der Waals surface area (Å²) >= 11 is 1.68. The highest BCUT2D eigenvalue weighted by Gasteiger charge is 2.21. The molecule has 0 unspecified atom stereocenters. The van der Waals surface area contributed by atoms with E-state index >= 15 is 0 Å². The van der Waals surface area contributed by atoms with Crippen LogP contribution in [0.1, 0.15) is 24.4 Å². The fraction of sp³-hybridized carbons (Fsp3) is 0.389. The Bertz CT molecular complexity index is 1040. The first-order chi connectivity index (χ1) is 12.3. The highest BCUT2D eigenvalue weighted by atomic mass is 32.1. The molecule has 0 N–H and O–H groups in total. The predicted octanol–water partition coefficient (Wildman–Crippen LogP) is 3.55. The van der Waals surface area contributed by atoms with Crippen LogP contribution < -0.4 is 0 Å². The van der Waals surface area contributed by atoms with Crippen LogP contribution in [0.2, 0.25) is 0 Å². The van der Waals surface area contributed by atoms with E-state index in [2.05, 4.69) is 31.6 Å². The molecule has 1 aromatic carbocycles. The number of hydrogen-bond acceptors (Lipinski definition) is 6. The Morgan fingerprint density at radius 3 is 2.88 bits per heavy atom. The Balaban J connectivity index is 1.51. The van der Waals surface area contributed by atoms with Gasteiger partial charge >= 0.3 is 0 Å². The van der Waals surface area contributed by atoms with Gasteiger partial charge in [-0.25, -0.2) is 4.98 Å². The lowest BCUT2D eigenvalue weighted by molar-refractivity contribution is 0.329. The number of imidazole rings is 1. The highest BCUT2D eigenvalue weighted by Crippen LogP contribution is 2.33. The number of aromatic nitrogens is 4. The van der Waals surface area contributed by atoms with E-state index in [0.717, 1.165) is 34.8 Å². The maximum absolute atomic E-state index is 5.99. The van der Waals surface area contributed by atoms with Gasteiger partial charge in [0.2, 0.25) is 5.89 Å². The molecular formula is C18H19N5OS. The number of likely N-dealkylation sites (tertiary alicyclic amines) is 1. The third kappa shape index (κ3) is 2.54. The topological polar surface area (TPSA) is 59.5 Å². The molecule has 4 heterocycles. The molecule has 7 heteroatoms. The molecule has 1 fully saturated rings. The molecule has 0 atom stereocenters. The molecule has 3 aromatic heterocycles. The second-order valence-corrected chi connectivity index (χ2v) is 7.54. The first kappa shape index (κ1) is 15.0. The number of benzene rings is 1. The fourth-order valence-electron chi connectivity index (χ4n) is 3.58. The summed E-state index contributed by atoms with van der Waals surface area (Å²) in [5, 5.41) is 8.57. The lowest BCUT2D eigenvalue weighted by Crippen LogP contribution is -2.22. The second kappa shape index (κ2) is 5.93. The Hall–Kier alpha value is -2.25. The molecule has 0 aliphatic carbocycles. The summed E-state index contributed by atoms with van der Waals surface area (Å²) in [5.41, 5.74) is 2.97. The third-order valence-electron chi connectivity index (χ3n) is 4.84. The summed E-state index contributed by atoms with van der Waals surface area (Å²) < 4.78 is 9.33. The largest absolute Gasteiger partial charge is 0.419 e. The molecule has 4 aromatic rings. The molecule has 128 valence electrons. The van der Waals surface area contributed by atoms with Crippen molar-refractivity contribution in [2.75, 3.05) is 19.6 Å². The van der Waals surface area contributed by atoms with Crippen LogP contribution in [0, 0.1) is 6.92 Å². The fourth-order valence-corrected chi connectivity index (χ4v) is 4.65. The van der Waals surface area contributed by atoms with Gasteiger partial charge in [-0.2, -0.15) is 0 Å². The third-order valence-corrected chi connectivity index (χ3v) is 5.86. The van der Waals surface area contributed by atoms with Crippen molar-refractivity contribution in [2.24, 2.45) is 0 Å². The molecule has 1 aliphatic heterocycles. The minimum absolute atomic E-state index is 0.560. The number of hydrogen-bond donors (Lipinski definition) is 0. The van der Waals surface area contributed by atoms with Crippen molar-refractivity contribution >= 4 is 26.5 Å². The van der Waals surface area contributed by atoms with Crippen molar-refractivity contribution in [1.29, 1.82) is 0 Å². The van der Waals surface area contributed by atoms with Crippen LogP contribution in [0.5, 0.6) is 0 Å². The molecule has 0 bridgehead atoms. The molecule has 0 amide bonds. The molecule has 0 spiro atoms. The predicted molar refractivity (Wildman–Crippen MR) is 98.0 cm³/mol. The number of thiazole rings is 1. The lowest BCUT2D eigenvalue weighted by atomic mass is 10.3. The molecule has 0 saturated carbocycles. The van der Waals surface area contributed by atoms with Gasteiger partial charge in [0, 0.05) is 13.0 Å². The van der Waals surface area contributed by atoms with Crippen molar-refractivity contribution in [1.82, 2.24) is 24.5 Å². The molecule has 1 saturated heterocycles. The Morgan fingerprint density at radius 1 is 1.16 bits per heavy atom. The standard InChI is InChI=1S/C18H19N5OS/c1-12-16(23-13-6-2-3-7-14(13)25-18(23)19-12)17-21-20-15(24-17)8-11-22-9-4-5-10-22/h2-3,6-7H,4-5,8-11H2,1H3. The van der Waals surface area contributed by atoms with Gasteiger partial charge in [0.15, 0.2) is 4.96 Å². The average Bonchev–Trinajstić information content (AvgIpc) is 3.37. The van der Waals surface area contributed by atoms with Crippen molar-refractivity contribution in [2.45, 2.75) is 26.2 Å². The van der Waals surface area contributed by atoms with E-state index in [9.17, 15) is 0 Å². The van der Waals surface area contributed by atoms with E-state index in [1.165, 1.54) is 30.6 Å². The smallest absolute Gasteiger partial charge is 0.266 e. The summed E-state index contributed by atoms with van der Waals surface area (Å²) in [6.45, 7) is 5.36. The van der Waals surface area contributed by atoms with Gasteiger partial charge in [-0.3, -0.25) is 4.40 Å². The zero-order valence-corrected chi connectivity index (χ0v) is 14.9. The normalized spacial score (nSPS) is 15.7. The summed E-state index contributed by atoms with van der Waals surface area (Å²) in [6.07, 6.45) is 3.40. The molecule has 25 heavy (non-hydrogen) atoms. The monoisotopic (exact) mass is 353 g/mol. The van der Waals surface area contributed by atoms with Gasteiger partial charge in [0.1, 0.15) is 5.69 Å². The molecule has 1 aliphatic rings. The van der Waals surface area contributed by atoms with Crippen molar-refractivity contribution in [3.8, 4) is 11.6 Å². The van der Waals surface area contributed by atoms with Gasteiger partial charge in [0.05, 0.1) is 15.9 Å². The summed E-state index contributed by atoms with van der Waals surface area (Å²) in [4.78, 5) is 8.11. The van der Waals surface area contributed by atoms with Gasteiger partial charge in [-0.05, 0) is 45.0 Å². The van der Waals surface area contributed by atoms with E-state index in [-0.39, 0.29) is 0 Å². The van der Waals surface area contributed by atoms with Gasteiger partial charge in [0.25, 0.3) is 5.89 Å². The maximum Gasteiger partial charge on any atom is 0.266 e. The molecule has 6 nitrogen and oxygen atoms in total. The SMILES string of the molecule is Cc1nc2sc3ccccc3n2c1-c1nnc(CCN2CCCC2)o1. The number of rotatable bonds is 4. The van der Waals surface area contributed by atoms with Crippen LogP contribution in [-0.2, 0) is 6.42 Å². The maximum atomic E-state index is 5.99. The summed E-state index contributed by atoms with van der Waals surface area (Å²) in [5.74, 6) is 1.26. The van der Waals surface area contributed by atoms with Crippen molar-refractivity contribution < 1.29 is 4.42 Å². The van der Waals surface area contributed by atoms with Gasteiger partial charge < -0.3 is 9.32 Å². The summed E-state index contributed by atoms with van der Waals surface area (Å²) in [7, 11) is 0. The molecule has 5 rings (SSSR count). The summed E-state index contributed by atoms with van der Waals surface area (Å²) in [6, 6.07) is 8.31. The van der Waals surface area contributed by atoms with E-state index in [0.29, 0.717) is 11.8 Å². The van der Waals surface area contributed by atoms with Crippen LogP contribution in [0.15, 0.2) is 28.7 Å². The van der Waals surface area contributed by atoms with Gasteiger partial charge in [-0.1, -0.05) is 23.5 Å². The number of fused-ring (bicyclic) bond motifs is 3. The second-order valence-electron chi connectivity index (χ2n) is 6.53. The van der Waals surface area contributed by atoms with Crippen molar-refractivity contribution in [3.05, 3.63) is 35.9 Å². The van der Waals surface area contributed by atoms with Crippen LogP contribution in [0.3, 0.4) is 0 Å². The Labute approximate surface area is 149 Å². The number of aryl methyl sites for hydroxylation is 1. The van der Waals surface area contributed by atoms with Crippen LogP contribution in [-0.4, -0.2) is 44.1 Å². The minimum Gasteiger partial charge on any atom is -0.419 e. The first-order valence-electron chi connectivity index (χ1n) is 8.71. The van der Waals surface area contributed by atoms with E-state index in [1.54, 1.807) is 11.3 Å². The zero-order chi connectivity index (χ0) is 16.8. The Morgan fingerprint density at radius 2 is 2.00 bits per heavy atom. The van der Waals surface area contributed by atoms with Crippen molar-refractivity contribution in [3.63, 3.8) is 0 Å². The zero-order valence-electron chi connectivity index (χ0n) is 14.1. The molecular weight excluding hydrogens is 334 g/mol. The molecule has 0 radical (unpaired) electrons. The quantitative estimate of drug-likeness (QED) is 0.561. The van der Waals surface area contributed by atoms with Gasteiger partial charge in [-0.15, -0.1) is 10.2 Å². The first-order valence-corrected chi connectivity index (χ1v) is 9.53. The van der Waals surface area contributed by atoms with E-state index in [1.807, 2.05) is 19.1 Å². The number of nitrogens with zero attached hydrogens (tertiary/aromatic N) is 5. The lowest BCUT2D eigenvalue weighted by Gasteiger charge is -2.11. The van der Waals surface area contributed by atoms with E-state index in [4.69, 9.17) is 9.40 Å². The highest BCUT2D eigenvalue weighted by molar-refractivity contribution is 7.23. The average molecular weight is 353 g/mol. The van der Waals surface area contributed by atoms with Crippen LogP contribution in [0.25, 0.3) is 26.8 Å². The Kier molecular flexibility index (Phi) is 3.57. The minimum atomic E-state index is 0.560. The number of para-hydroxylation sites is 1.